The van der Waals surface area contributed by atoms with Crippen LogP contribution < -0.4 is 10.0 Å². The lowest BCUT2D eigenvalue weighted by Crippen LogP contribution is -2.23. The Morgan fingerprint density at radius 2 is 1.81 bits per heavy atom. The molecule has 2 aromatic carbocycles. The maximum absolute atomic E-state index is 12.5. The van der Waals surface area contributed by atoms with E-state index < -0.39 is 10.0 Å². The SMILES string of the molecule is O=S(=O)(NCc1ccccc1)c1ccc(-c2nc3c([nH]2)CNCC3)cc1. The number of sulfonamides is 1. The van der Waals surface area contributed by atoms with Gasteiger partial charge in [0.05, 0.1) is 16.3 Å². The average Bonchev–Trinajstić information content (AvgIpc) is 3.12. The highest BCUT2D eigenvalue weighted by Crippen LogP contribution is 2.22. The third kappa shape index (κ3) is 3.55. The van der Waals surface area contributed by atoms with Crippen LogP contribution in [-0.2, 0) is 29.5 Å². The molecule has 134 valence electrons. The Balaban J connectivity index is 1.50. The van der Waals surface area contributed by atoms with E-state index in [1.54, 1.807) is 24.3 Å². The van der Waals surface area contributed by atoms with Gasteiger partial charge >= 0.3 is 0 Å². The molecule has 7 heteroatoms. The minimum atomic E-state index is -3.55. The van der Waals surface area contributed by atoms with Crippen LogP contribution in [0.1, 0.15) is 17.0 Å². The Bertz CT molecular complexity index is 972. The molecule has 0 unspecified atom stereocenters. The van der Waals surface area contributed by atoms with Crippen LogP contribution in [0.25, 0.3) is 11.4 Å². The number of aromatic amines is 1. The maximum atomic E-state index is 12.5. The van der Waals surface area contributed by atoms with Crippen molar-refractivity contribution >= 4 is 10.0 Å². The fourth-order valence-electron chi connectivity index (χ4n) is 3.00. The normalized spacial score (nSPS) is 14.2. The summed E-state index contributed by atoms with van der Waals surface area (Å²) in [7, 11) is -3.55. The summed E-state index contributed by atoms with van der Waals surface area (Å²) in [5.74, 6) is 0.778. The third-order valence-electron chi connectivity index (χ3n) is 4.45. The lowest BCUT2D eigenvalue weighted by molar-refractivity contribution is 0.581. The van der Waals surface area contributed by atoms with Gasteiger partial charge < -0.3 is 10.3 Å². The van der Waals surface area contributed by atoms with Crippen LogP contribution in [0.15, 0.2) is 59.5 Å². The zero-order valence-electron chi connectivity index (χ0n) is 14.2. The van der Waals surface area contributed by atoms with Gasteiger partial charge in [0.1, 0.15) is 5.82 Å². The summed E-state index contributed by atoms with van der Waals surface area (Å²) in [6.45, 7) is 1.99. The van der Waals surface area contributed by atoms with Crippen molar-refractivity contribution in [3.05, 3.63) is 71.5 Å². The van der Waals surface area contributed by atoms with Crippen molar-refractivity contribution < 1.29 is 8.42 Å². The number of rotatable bonds is 5. The summed E-state index contributed by atoms with van der Waals surface area (Å²) < 4.78 is 27.6. The molecule has 2 heterocycles. The molecule has 0 saturated heterocycles. The standard InChI is InChI=1S/C19H20N4O2S/c24-26(25,21-12-14-4-2-1-3-5-14)16-8-6-15(7-9-16)19-22-17-10-11-20-13-18(17)23-19/h1-9,20-21H,10-13H2,(H,22,23). The average molecular weight is 368 g/mol. The number of imidazole rings is 1. The summed E-state index contributed by atoms with van der Waals surface area (Å²) in [4.78, 5) is 8.19. The zero-order valence-corrected chi connectivity index (χ0v) is 15.0. The number of fused-ring (bicyclic) bond motifs is 1. The van der Waals surface area contributed by atoms with Crippen molar-refractivity contribution in [1.82, 2.24) is 20.0 Å². The van der Waals surface area contributed by atoms with E-state index in [-0.39, 0.29) is 11.4 Å². The van der Waals surface area contributed by atoms with E-state index in [1.165, 1.54) is 0 Å². The first kappa shape index (κ1) is 17.0. The molecule has 3 aromatic rings. The van der Waals surface area contributed by atoms with Crippen LogP contribution in [0.5, 0.6) is 0 Å². The number of nitrogens with zero attached hydrogens (tertiary/aromatic N) is 1. The lowest BCUT2D eigenvalue weighted by atomic mass is 10.2. The molecule has 0 atom stereocenters. The second-order valence-electron chi connectivity index (χ2n) is 6.27. The van der Waals surface area contributed by atoms with Gasteiger partial charge in [0.15, 0.2) is 0 Å². The highest BCUT2D eigenvalue weighted by molar-refractivity contribution is 7.89. The van der Waals surface area contributed by atoms with Crippen LogP contribution in [0, 0.1) is 0 Å². The molecule has 4 rings (SSSR count). The Morgan fingerprint density at radius 3 is 2.54 bits per heavy atom. The van der Waals surface area contributed by atoms with Gasteiger partial charge in [0.25, 0.3) is 0 Å². The number of hydrogen-bond acceptors (Lipinski definition) is 4. The predicted molar refractivity (Wildman–Crippen MR) is 99.9 cm³/mol. The number of nitrogens with one attached hydrogen (secondary N) is 3. The summed E-state index contributed by atoms with van der Waals surface area (Å²) in [5.41, 5.74) is 3.98. The minimum absolute atomic E-state index is 0.246. The first-order valence-electron chi connectivity index (χ1n) is 8.54. The first-order valence-corrected chi connectivity index (χ1v) is 10.0. The number of aromatic nitrogens is 2. The molecule has 0 bridgehead atoms. The summed E-state index contributed by atoms with van der Waals surface area (Å²) >= 11 is 0. The maximum Gasteiger partial charge on any atom is 0.240 e. The van der Waals surface area contributed by atoms with Gasteiger partial charge in [-0.15, -0.1) is 0 Å². The molecule has 0 fully saturated rings. The van der Waals surface area contributed by atoms with Gasteiger partial charge in [-0.25, -0.2) is 18.1 Å². The van der Waals surface area contributed by atoms with Crippen LogP contribution >= 0.6 is 0 Å². The van der Waals surface area contributed by atoms with Crippen molar-refractivity contribution in [2.24, 2.45) is 0 Å². The Hall–Kier alpha value is -2.48. The molecule has 1 aliphatic rings. The molecule has 26 heavy (non-hydrogen) atoms. The van der Waals surface area contributed by atoms with E-state index in [4.69, 9.17) is 0 Å². The van der Waals surface area contributed by atoms with Crippen molar-refractivity contribution in [2.45, 2.75) is 24.4 Å². The van der Waals surface area contributed by atoms with Crippen LogP contribution in [-0.4, -0.2) is 24.9 Å². The summed E-state index contributed by atoms with van der Waals surface area (Å²) in [5, 5.41) is 3.30. The molecule has 1 aromatic heterocycles. The van der Waals surface area contributed by atoms with Gasteiger partial charge in [0, 0.05) is 31.6 Å². The molecule has 0 radical (unpaired) electrons. The highest BCUT2D eigenvalue weighted by Gasteiger charge is 2.17. The quantitative estimate of drug-likeness (QED) is 0.644. The minimum Gasteiger partial charge on any atom is -0.341 e. The van der Waals surface area contributed by atoms with Crippen LogP contribution in [0.3, 0.4) is 0 Å². The lowest BCUT2D eigenvalue weighted by Gasteiger charge is -2.09. The van der Waals surface area contributed by atoms with Gasteiger partial charge in [-0.1, -0.05) is 30.3 Å². The number of benzene rings is 2. The van der Waals surface area contributed by atoms with Gasteiger partial charge in [-0.05, 0) is 29.8 Å². The van der Waals surface area contributed by atoms with Crippen molar-refractivity contribution in [2.75, 3.05) is 6.54 Å². The second kappa shape index (κ2) is 7.03. The van der Waals surface area contributed by atoms with E-state index >= 15 is 0 Å². The van der Waals surface area contributed by atoms with Crippen molar-refractivity contribution in [3.63, 3.8) is 0 Å². The second-order valence-corrected chi connectivity index (χ2v) is 8.04. The fraction of sp³-hybridized carbons (Fsp3) is 0.211. The van der Waals surface area contributed by atoms with E-state index in [0.717, 1.165) is 47.8 Å². The first-order chi connectivity index (χ1) is 12.6. The Kier molecular flexibility index (Phi) is 4.58. The fourth-order valence-corrected chi connectivity index (χ4v) is 4.02. The largest absolute Gasteiger partial charge is 0.341 e. The van der Waals surface area contributed by atoms with Gasteiger partial charge in [-0.3, -0.25) is 0 Å². The highest BCUT2D eigenvalue weighted by atomic mass is 32.2. The molecule has 0 amide bonds. The number of hydrogen-bond donors (Lipinski definition) is 3. The van der Waals surface area contributed by atoms with E-state index in [1.807, 2.05) is 30.3 Å². The van der Waals surface area contributed by atoms with Crippen molar-refractivity contribution in [1.29, 1.82) is 0 Å². The molecule has 1 aliphatic heterocycles. The molecule has 6 nitrogen and oxygen atoms in total. The van der Waals surface area contributed by atoms with Gasteiger partial charge in [-0.2, -0.15) is 0 Å². The topological polar surface area (TPSA) is 86.9 Å². The summed E-state index contributed by atoms with van der Waals surface area (Å²) in [6.07, 6.45) is 0.904. The zero-order chi connectivity index (χ0) is 18.0. The molecule has 0 aliphatic carbocycles. The molecule has 0 spiro atoms. The molecular formula is C19H20N4O2S. The molecule has 0 saturated carbocycles. The van der Waals surface area contributed by atoms with E-state index in [0.29, 0.717) is 0 Å². The summed E-state index contributed by atoms with van der Waals surface area (Å²) in [6, 6.07) is 16.2. The number of H-pyrrole nitrogens is 1. The van der Waals surface area contributed by atoms with E-state index in [2.05, 4.69) is 20.0 Å². The van der Waals surface area contributed by atoms with Crippen molar-refractivity contribution in [3.8, 4) is 11.4 Å². The third-order valence-corrected chi connectivity index (χ3v) is 5.87. The van der Waals surface area contributed by atoms with Gasteiger partial charge in [0.2, 0.25) is 10.0 Å². The smallest absolute Gasteiger partial charge is 0.240 e. The van der Waals surface area contributed by atoms with E-state index in [9.17, 15) is 8.42 Å². The Labute approximate surface area is 152 Å². The molecular weight excluding hydrogens is 348 g/mol. The predicted octanol–water partition coefficient (Wildman–Crippen LogP) is 2.20. The van der Waals surface area contributed by atoms with Crippen LogP contribution in [0.2, 0.25) is 0 Å². The molecule has 3 N–H and O–H groups in total. The monoisotopic (exact) mass is 368 g/mol. The van der Waals surface area contributed by atoms with Crippen LogP contribution in [0.4, 0.5) is 0 Å². The Morgan fingerprint density at radius 1 is 1.04 bits per heavy atom.